The Balaban J connectivity index is 2.87. The third-order valence-electron chi connectivity index (χ3n) is 2.78. The Kier molecular flexibility index (Phi) is 6.53. The summed E-state index contributed by atoms with van der Waals surface area (Å²) < 4.78 is 10.0. The number of hydrogen-bond acceptors (Lipinski definition) is 7. The van der Waals surface area contributed by atoms with Crippen molar-refractivity contribution in [3.8, 4) is 0 Å². The van der Waals surface area contributed by atoms with Crippen LogP contribution in [0.5, 0.6) is 0 Å². The van der Waals surface area contributed by atoms with Gasteiger partial charge in [0.05, 0.1) is 17.6 Å². The predicted octanol–water partition coefficient (Wildman–Crippen LogP) is 0.272. The van der Waals surface area contributed by atoms with E-state index in [1.165, 1.54) is 32.4 Å². The second-order valence-electron chi connectivity index (χ2n) is 4.16. The van der Waals surface area contributed by atoms with Crippen molar-refractivity contribution in [2.75, 3.05) is 32.8 Å². The van der Waals surface area contributed by atoms with Gasteiger partial charge in [0, 0.05) is 32.5 Å². The number of benzene rings is 1. The van der Waals surface area contributed by atoms with Crippen LogP contribution in [0.3, 0.4) is 0 Å². The summed E-state index contributed by atoms with van der Waals surface area (Å²) in [6.45, 7) is 0.462. The van der Waals surface area contributed by atoms with Gasteiger partial charge in [0.1, 0.15) is 5.56 Å². The number of nitro benzene ring substituents is 1. The first kappa shape index (κ1) is 16.8. The summed E-state index contributed by atoms with van der Waals surface area (Å²) in [7, 11) is 2.99. The Bertz CT molecular complexity index is 508. The van der Waals surface area contributed by atoms with E-state index in [1.54, 1.807) is 0 Å². The minimum atomic E-state index is -0.627. The normalized spacial score (nSPS) is 11.8. The van der Waals surface area contributed by atoms with Crippen LogP contribution in [-0.4, -0.2) is 44.3 Å². The monoisotopic (exact) mass is 298 g/mol. The molecule has 9 heteroatoms. The Hall–Kier alpha value is -2.23. The smallest absolute Gasteiger partial charge is 0.282 e. The predicted molar refractivity (Wildman–Crippen MR) is 75.9 cm³/mol. The first-order valence-electron chi connectivity index (χ1n) is 6.08. The third-order valence-corrected chi connectivity index (χ3v) is 2.78. The number of nitrogens with one attached hydrogen (secondary N) is 2. The highest BCUT2D eigenvalue weighted by Gasteiger charge is 2.21. The van der Waals surface area contributed by atoms with E-state index < -0.39 is 10.8 Å². The lowest BCUT2D eigenvalue weighted by atomic mass is 10.1. The van der Waals surface area contributed by atoms with E-state index >= 15 is 0 Å². The number of anilines is 1. The zero-order valence-corrected chi connectivity index (χ0v) is 11.8. The average molecular weight is 298 g/mol. The molecular formula is C12H18N4O5. The number of nitrogen functional groups attached to an aromatic ring is 1. The fourth-order valence-electron chi connectivity index (χ4n) is 1.66. The number of hydrogen-bond donors (Lipinski definition) is 3. The fourth-order valence-corrected chi connectivity index (χ4v) is 1.66. The maximum absolute atomic E-state index is 12.1. The first-order valence-corrected chi connectivity index (χ1v) is 6.08. The molecule has 0 aliphatic rings. The van der Waals surface area contributed by atoms with Crippen LogP contribution in [0.4, 0.5) is 11.4 Å². The largest absolute Gasteiger partial charge is 0.382 e. The minimum Gasteiger partial charge on any atom is -0.382 e. The molecule has 0 aliphatic heterocycles. The standard InChI is InChI=1S/C12H18N4O5/c1-20-7-9(21-2)6-14-12(17)10-5-8(15-13)3-4-11(10)16(18)19/h3-5,9,15H,6-7,13H2,1-2H3,(H,14,17). The molecule has 1 rings (SSSR count). The number of hydrazine groups is 1. The molecule has 1 amide bonds. The van der Waals surface area contributed by atoms with Crippen LogP contribution >= 0.6 is 0 Å². The number of nitro groups is 1. The van der Waals surface area contributed by atoms with Crippen LogP contribution in [0.1, 0.15) is 10.4 Å². The van der Waals surface area contributed by atoms with Gasteiger partial charge in [-0.05, 0) is 12.1 Å². The lowest BCUT2D eigenvalue weighted by Crippen LogP contribution is -2.35. The van der Waals surface area contributed by atoms with E-state index in [2.05, 4.69) is 10.7 Å². The minimum absolute atomic E-state index is 0.0808. The van der Waals surface area contributed by atoms with Gasteiger partial charge in [-0.15, -0.1) is 0 Å². The van der Waals surface area contributed by atoms with Crippen LogP contribution in [0.25, 0.3) is 0 Å². The van der Waals surface area contributed by atoms with Crippen LogP contribution in [-0.2, 0) is 9.47 Å². The van der Waals surface area contributed by atoms with Gasteiger partial charge < -0.3 is 20.2 Å². The highest BCUT2D eigenvalue weighted by Crippen LogP contribution is 2.22. The molecule has 4 N–H and O–H groups in total. The molecule has 0 fully saturated rings. The Morgan fingerprint density at radius 1 is 1.48 bits per heavy atom. The molecular weight excluding hydrogens is 280 g/mol. The maximum Gasteiger partial charge on any atom is 0.282 e. The van der Waals surface area contributed by atoms with Crippen LogP contribution in [0.2, 0.25) is 0 Å². The zero-order valence-electron chi connectivity index (χ0n) is 11.8. The molecule has 0 bridgehead atoms. The number of methoxy groups -OCH3 is 2. The quantitative estimate of drug-likeness (QED) is 0.357. The Morgan fingerprint density at radius 2 is 2.19 bits per heavy atom. The number of amides is 1. The summed E-state index contributed by atoms with van der Waals surface area (Å²) in [4.78, 5) is 22.4. The number of nitrogens with two attached hydrogens (primary N) is 1. The van der Waals surface area contributed by atoms with Crippen molar-refractivity contribution in [2.24, 2.45) is 5.84 Å². The SMILES string of the molecule is COCC(CNC(=O)c1cc(NN)ccc1[N+](=O)[O-])OC. The van der Waals surface area contributed by atoms with Gasteiger partial charge in [-0.1, -0.05) is 0 Å². The van der Waals surface area contributed by atoms with E-state index in [-0.39, 0.29) is 23.9 Å². The molecule has 0 heterocycles. The van der Waals surface area contributed by atoms with E-state index in [0.29, 0.717) is 12.3 Å². The summed E-state index contributed by atoms with van der Waals surface area (Å²) >= 11 is 0. The molecule has 0 spiro atoms. The second kappa shape index (κ2) is 8.15. The highest BCUT2D eigenvalue weighted by atomic mass is 16.6. The third kappa shape index (κ3) is 4.67. The molecule has 0 saturated heterocycles. The number of nitrogens with zero attached hydrogens (tertiary/aromatic N) is 1. The van der Waals surface area contributed by atoms with Gasteiger partial charge in [0.2, 0.25) is 0 Å². The van der Waals surface area contributed by atoms with Crippen molar-refractivity contribution in [3.63, 3.8) is 0 Å². The first-order chi connectivity index (χ1) is 10.0. The van der Waals surface area contributed by atoms with Crippen molar-refractivity contribution in [2.45, 2.75) is 6.10 Å². The number of rotatable bonds is 8. The second-order valence-corrected chi connectivity index (χ2v) is 4.16. The molecule has 0 aromatic heterocycles. The molecule has 0 radical (unpaired) electrons. The summed E-state index contributed by atoms with van der Waals surface area (Å²) in [5.41, 5.74) is 2.35. The highest BCUT2D eigenvalue weighted by molar-refractivity contribution is 5.99. The van der Waals surface area contributed by atoms with Crippen LogP contribution in [0.15, 0.2) is 18.2 Å². The molecule has 0 saturated carbocycles. The van der Waals surface area contributed by atoms with Crippen molar-refractivity contribution >= 4 is 17.3 Å². The summed E-state index contributed by atoms with van der Waals surface area (Å²) in [6, 6.07) is 3.94. The van der Waals surface area contributed by atoms with Gasteiger partial charge in [-0.3, -0.25) is 20.8 Å². The van der Waals surface area contributed by atoms with Gasteiger partial charge >= 0.3 is 0 Å². The van der Waals surface area contributed by atoms with E-state index in [0.717, 1.165) is 0 Å². The zero-order chi connectivity index (χ0) is 15.8. The molecule has 1 atom stereocenters. The molecule has 0 aliphatic carbocycles. The van der Waals surface area contributed by atoms with Crippen LogP contribution in [0, 0.1) is 10.1 Å². The molecule has 21 heavy (non-hydrogen) atoms. The molecule has 1 unspecified atom stereocenters. The lowest BCUT2D eigenvalue weighted by Gasteiger charge is -2.15. The number of carbonyl (C=O) groups excluding carboxylic acids is 1. The summed E-state index contributed by atoms with van der Waals surface area (Å²) in [6.07, 6.45) is -0.339. The Morgan fingerprint density at radius 3 is 2.71 bits per heavy atom. The van der Waals surface area contributed by atoms with Crippen molar-refractivity contribution in [1.29, 1.82) is 0 Å². The van der Waals surface area contributed by atoms with E-state index in [4.69, 9.17) is 15.3 Å². The van der Waals surface area contributed by atoms with Gasteiger partial charge in [0.15, 0.2) is 0 Å². The topological polar surface area (TPSA) is 129 Å². The van der Waals surface area contributed by atoms with Crippen LogP contribution < -0.4 is 16.6 Å². The van der Waals surface area contributed by atoms with E-state index in [1.807, 2.05) is 0 Å². The van der Waals surface area contributed by atoms with Crippen molar-refractivity contribution in [3.05, 3.63) is 33.9 Å². The summed E-state index contributed by atoms with van der Waals surface area (Å²) in [5.74, 6) is 4.65. The molecule has 9 nitrogen and oxygen atoms in total. The summed E-state index contributed by atoms with van der Waals surface area (Å²) in [5, 5.41) is 13.5. The average Bonchev–Trinajstić information content (AvgIpc) is 2.50. The maximum atomic E-state index is 12.1. The number of carbonyl (C=O) groups is 1. The van der Waals surface area contributed by atoms with Gasteiger partial charge in [0.25, 0.3) is 11.6 Å². The van der Waals surface area contributed by atoms with Crippen molar-refractivity contribution in [1.82, 2.24) is 5.32 Å². The van der Waals surface area contributed by atoms with Gasteiger partial charge in [-0.25, -0.2) is 0 Å². The fraction of sp³-hybridized carbons (Fsp3) is 0.417. The number of ether oxygens (including phenoxy) is 2. The van der Waals surface area contributed by atoms with Crippen molar-refractivity contribution < 1.29 is 19.2 Å². The molecule has 1 aromatic rings. The molecule has 1 aromatic carbocycles. The van der Waals surface area contributed by atoms with E-state index in [9.17, 15) is 14.9 Å². The Labute approximate surface area is 121 Å². The van der Waals surface area contributed by atoms with Gasteiger partial charge in [-0.2, -0.15) is 0 Å². The lowest BCUT2D eigenvalue weighted by molar-refractivity contribution is -0.385. The molecule has 116 valence electrons.